The molecule has 3 saturated heterocycles. The van der Waals surface area contributed by atoms with Crippen LogP contribution in [0, 0.1) is 29.4 Å². The number of hydrogen-bond acceptors (Lipinski definition) is 11. The van der Waals surface area contributed by atoms with Crippen molar-refractivity contribution in [2.75, 3.05) is 38.6 Å². The quantitative estimate of drug-likeness (QED) is 0.0410. The van der Waals surface area contributed by atoms with Crippen LogP contribution in [-0.4, -0.2) is 111 Å². The number of aliphatic imine (C=N–C) groups is 1. The number of likely N-dealkylation sites (tertiary alicyclic amines) is 1. The second-order valence-corrected chi connectivity index (χ2v) is 17.7. The van der Waals surface area contributed by atoms with Crippen LogP contribution in [-0.2, 0) is 32.0 Å². The lowest BCUT2D eigenvalue weighted by molar-refractivity contribution is -0.147. The van der Waals surface area contributed by atoms with E-state index < -0.39 is 59.9 Å². The second-order valence-electron chi connectivity index (χ2n) is 16.6. The highest BCUT2D eigenvalue weighted by molar-refractivity contribution is 7.99. The fourth-order valence-electron chi connectivity index (χ4n) is 8.68. The zero-order chi connectivity index (χ0) is 45.9. The number of ether oxygens (including phenoxy) is 2. The fourth-order valence-corrected chi connectivity index (χ4v) is 9.61. The topological polar surface area (TPSA) is 201 Å². The number of allylic oxidation sites excluding steroid dienone is 2. The number of nitrogens with one attached hydrogen (secondary N) is 2. The Morgan fingerprint density at radius 1 is 1.08 bits per heavy atom. The number of carbonyl (C=O) groups excluding carboxylic acids is 2. The number of alkyl halides is 1. The third kappa shape index (κ3) is 12.0. The SMILES string of the molecule is CCC(=N/C(=C(/C1CCOCC1)N1CC2C(F)CNC2C(OC(=O)NCCCCCCn2c(O)cc(SCC(N)C(=O)O)c2O)C1=O)C(C)Cc1ccccc1)c1cc(F)ccc1F. The summed E-state index contributed by atoms with van der Waals surface area (Å²) in [5, 5.41) is 35.7. The molecule has 3 aliphatic heterocycles. The number of halogens is 3. The number of benzene rings is 2. The van der Waals surface area contributed by atoms with Crippen LogP contribution in [0.15, 0.2) is 75.9 Å². The number of nitrogens with zero attached hydrogens (tertiary/aromatic N) is 3. The van der Waals surface area contributed by atoms with E-state index in [2.05, 4.69) is 10.6 Å². The summed E-state index contributed by atoms with van der Waals surface area (Å²) in [4.78, 5) is 46.3. The van der Waals surface area contributed by atoms with Crippen LogP contribution in [0.4, 0.5) is 18.0 Å². The molecule has 0 saturated carbocycles. The monoisotopic (exact) mass is 912 g/mol. The van der Waals surface area contributed by atoms with E-state index in [0.29, 0.717) is 86.7 Å². The molecule has 6 atom stereocenters. The largest absolute Gasteiger partial charge is 0.494 e. The number of aliphatic carboxylic acids is 1. The van der Waals surface area contributed by atoms with Crippen LogP contribution < -0.4 is 16.4 Å². The van der Waals surface area contributed by atoms with Gasteiger partial charge >= 0.3 is 12.1 Å². The summed E-state index contributed by atoms with van der Waals surface area (Å²) in [6.45, 7) is 5.08. The first kappa shape index (κ1) is 48.4. The minimum absolute atomic E-state index is 0.00367. The summed E-state index contributed by atoms with van der Waals surface area (Å²) >= 11 is 1.03. The fraction of sp³-hybridized carbons (Fsp3) is 0.522. The van der Waals surface area contributed by atoms with Gasteiger partial charge in [-0.05, 0) is 62.3 Å². The molecule has 0 aliphatic carbocycles. The van der Waals surface area contributed by atoms with E-state index in [-0.39, 0.29) is 61.0 Å². The number of alkyl carbamates (subject to hydrolysis) is 1. The summed E-state index contributed by atoms with van der Waals surface area (Å²) in [5.41, 5.74) is 7.89. The Labute approximate surface area is 375 Å². The van der Waals surface area contributed by atoms with Gasteiger partial charge in [-0.25, -0.2) is 18.0 Å². The zero-order valence-corrected chi connectivity index (χ0v) is 37.0. The minimum Gasteiger partial charge on any atom is -0.494 e. The molecule has 64 heavy (non-hydrogen) atoms. The molecular weight excluding hydrogens is 854 g/mol. The van der Waals surface area contributed by atoms with Crippen molar-refractivity contribution in [2.24, 2.45) is 28.5 Å². The zero-order valence-electron chi connectivity index (χ0n) is 36.2. The minimum atomic E-state index is -1.37. The number of aromatic hydroxyl groups is 2. The van der Waals surface area contributed by atoms with Gasteiger partial charge in [0.25, 0.3) is 5.91 Å². The molecule has 0 spiro atoms. The summed E-state index contributed by atoms with van der Waals surface area (Å²) in [7, 11) is 0. The average molecular weight is 913 g/mol. The first-order valence-corrected chi connectivity index (χ1v) is 23.0. The molecule has 4 heterocycles. The molecule has 0 radical (unpaired) electrons. The van der Waals surface area contributed by atoms with Crippen molar-refractivity contribution in [1.29, 1.82) is 0 Å². The Hall–Kier alpha value is -5.04. The predicted octanol–water partition coefficient (Wildman–Crippen LogP) is 6.52. The number of rotatable bonds is 20. The van der Waals surface area contributed by atoms with Crippen LogP contribution in [0.5, 0.6) is 11.8 Å². The molecule has 2 amide bonds. The molecule has 6 unspecified atom stereocenters. The molecule has 3 aromatic rings. The van der Waals surface area contributed by atoms with Gasteiger partial charge in [0.15, 0.2) is 12.0 Å². The Morgan fingerprint density at radius 2 is 1.81 bits per heavy atom. The van der Waals surface area contributed by atoms with Crippen molar-refractivity contribution in [3.8, 4) is 11.8 Å². The molecule has 7 N–H and O–H groups in total. The number of fused-ring (bicyclic) bond motifs is 1. The number of carbonyl (C=O) groups is 3. The molecule has 18 heteroatoms. The third-order valence-corrected chi connectivity index (χ3v) is 13.2. The maximum atomic E-state index is 15.8. The first-order chi connectivity index (χ1) is 30.8. The number of amides is 2. The van der Waals surface area contributed by atoms with Crippen molar-refractivity contribution in [3.05, 3.63) is 88.8 Å². The number of piperidine rings is 1. The Kier molecular flexibility index (Phi) is 17.2. The van der Waals surface area contributed by atoms with E-state index in [9.17, 15) is 29.0 Å². The normalized spacial score (nSPS) is 21.9. The van der Waals surface area contributed by atoms with Crippen LogP contribution in [0.25, 0.3) is 0 Å². The molecular formula is C46H59F3N6O8S. The van der Waals surface area contributed by atoms with E-state index in [1.807, 2.05) is 37.3 Å². The third-order valence-electron chi connectivity index (χ3n) is 12.1. The Bertz CT molecular complexity index is 2150. The van der Waals surface area contributed by atoms with Gasteiger partial charge in [-0.3, -0.25) is 19.1 Å². The van der Waals surface area contributed by atoms with Gasteiger partial charge in [-0.1, -0.05) is 57.0 Å². The number of nitrogens with two attached hydrogens (primary N) is 1. The molecule has 6 rings (SSSR count). The molecule has 1 aromatic heterocycles. The molecule has 2 aromatic carbocycles. The number of unbranched alkanes of at least 4 members (excludes halogenated alkanes) is 3. The molecule has 3 fully saturated rings. The maximum absolute atomic E-state index is 15.8. The van der Waals surface area contributed by atoms with Gasteiger partial charge in [0.2, 0.25) is 5.88 Å². The average Bonchev–Trinajstić information content (AvgIpc) is 3.79. The van der Waals surface area contributed by atoms with E-state index in [1.54, 1.807) is 6.92 Å². The van der Waals surface area contributed by atoms with Crippen molar-refractivity contribution in [2.45, 2.75) is 101 Å². The lowest BCUT2D eigenvalue weighted by atomic mass is 9.84. The highest BCUT2D eigenvalue weighted by Crippen LogP contribution is 2.40. The van der Waals surface area contributed by atoms with E-state index in [4.69, 9.17) is 25.3 Å². The van der Waals surface area contributed by atoms with Crippen LogP contribution >= 0.6 is 11.8 Å². The van der Waals surface area contributed by atoms with Crippen molar-refractivity contribution in [3.63, 3.8) is 0 Å². The first-order valence-electron chi connectivity index (χ1n) is 22.0. The summed E-state index contributed by atoms with van der Waals surface area (Å²) in [5.74, 6) is -4.60. The summed E-state index contributed by atoms with van der Waals surface area (Å²) in [6.07, 6.45) is 0.748. The van der Waals surface area contributed by atoms with E-state index in [0.717, 1.165) is 35.5 Å². The highest BCUT2D eigenvalue weighted by Gasteiger charge is 2.53. The van der Waals surface area contributed by atoms with Gasteiger partial charge in [0.1, 0.15) is 23.8 Å². The number of thioether (sulfide) groups is 1. The summed E-state index contributed by atoms with van der Waals surface area (Å²) in [6, 6.07) is 12.4. The standard InChI is InChI=1S/C46H59F3N6O8S/c1-3-36(31-22-30(47)13-14-33(31)48)53-39(27(2)21-28-11-7-6-8-12-28)41(29-15-19-62-20-16-29)55-25-32-34(49)24-52-40(32)42(44(55)58)63-46(61)51-17-9-4-5-10-18-54-38(56)23-37(43(54)57)64-26-35(50)45(59)60/h6-8,11-14,22-23,27,29,32,34-35,40,42,52,56-57H,3-5,9-10,15-21,24-26,50H2,1-2H3,(H,51,61)(H,59,60)/b41-39-,53-36?. The number of carboxylic acids is 1. The number of carboxylic acid groups (broad SMARTS) is 1. The number of aromatic nitrogens is 1. The lowest BCUT2D eigenvalue weighted by Crippen LogP contribution is -2.61. The van der Waals surface area contributed by atoms with E-state index >= 15 is 8.78 Å². The lowest BCUT2D eigenvalue weighted by Gasteiger charge is -2.43. The smallest absolute Gasteiger partial charge is 0.407 e. The molecule has 3 aliphatic rings. The molecule has 0 bridgehead atoms. The van der Waals surface area contributed by atoms with Gasteiger partial charge in [0.05, 0.1) is 22.3 Å². The van der Waals surface area contributed by atoms with Gasteiger partial charge in [0, 0.05) is 80.2 Å². The van der Waals surface area contributed by atoms with Gasteiger partial charge in [-0.2, -0.15) is 0 Å². The van der Waals surface area contributed by atoms with Gasteiger partial charge in [-0.15, -0.1) is 11.8 Å². The second kappa shape index (κ2) is 22.7. The van der Waals surface area contributed by atoms with Crippen molar-refractivity contribution < 1.29 is 52.3 Å². The van der Waals surface area contributed by atoms with Crippen molar-refractivity contribution in [1.82, 2.24) is 20.1 Å². The number of hydrogen-bond donors (Lipinski definition) is 6. The van der Waals surface area contributed by atoms with Crippen molar-refractivity contribution >= 4 is 35.4 Å². The molecule has 14 nitrogen and oxygen atoms in total. The Balaban J connectivity index is 1.19. The van der Waals surface area contributed by atoms with E-state index in [1.165, 1.54) is 15.5 Å². The van der Waals surface area contributed by atoms with Gasteiger partial charge < -0.3 is 46.1 Å². The van der Waals surface area contributed by atoms with Crippen LogP contribution in [0.3, 0.4) is 0 Å². The Morgan fingerprint density at radius 3 is 2.53 bits per heavy atom. The predicted molar refractivity (Wildman–Crippen MR) is 236 cm³/mol. The summed E-state index contributed by atoms with van der Waals surface area (Å²) < 4.78 is 58.8. The van der Waals surface area contributed by atoms with Crippen LogP contribution in [0.2, 0.25) is 0 Å². The highest BCUT2D eigenvalue weighted by atomic mass is 32.2. The maximum Gasteiger partial charge on any atom is 0.407 e. The van der Waals surface area contributed by atoms with Crippen LogP contribution in [0.1, 0.15) is 69.9 Å². The molecule has 348 valence electrons.